The zero-order valence-electron chi connectivity index (χ0n) is 15.7. The van der Waals surface area contributed by atoms with E-state index >= 15 is 0 Å². The molecule has 0 unspecified atom stereocenters. The molecule has 0 bridgehead atoms. The van der Waals surface area contributed by atoms with E-state index in [1.165, 1.54) is 10.1 Å². The van der Waals surface area contributed by atoms with Crippen molar-refractivity contribution in [2.75, 3.05) is 6.61 Å². The summed E-state index contributed by atoms with van der Waals surface area (Å²) in [6.07, 6.45) is 0. The van der Waals surface area contributed by atoms with Crippen molar-refractivity contribution in [1.29, 1.82) is 0 Å². The molecular formula is C21H23N3O3. The maximum atomic E-state index is 12.8. The Morgan fingerprint density at radius 2 is 1.78 bits per heavy atom. The number of nitrogens with one attached hydrogen (secondary N) is 1. The Kier molecular flexibility index (Phi) is 5.28. The standard InChI is InChI=1S/C21H23N3O3/c1-13(2)15-8-10-16(11-9-15)27-12-19(25)24-14(3)20(21(26)23-22)17-6-4-5-7-18(17)24/h4-11,13H,12,22H2,1-3H3,(H,23,26). The molecule has 1 amide bonds. The molecule has 27 heavy (non-hydrogen) atoms. The fourth-order valence-corrected chi connectivity index (χ4v) is 3.21. The summed E-state index contributed by atoms with van der Waals surface area (Å²) in [5.74, 6) is 5.67. The molecule has 0 saturated carbocycles. The molecule has 0 aliphatic carbocycles. The predicted octanol–water partition coefficient (Wildman–Crippen LogP) is 3.40. The number of hydrazine groups is 1. The second kappa shape index (κ2) is 7.63. The van der Waals surface area contributed by atoms with Crippen LogP contribution in [0.3, 0.4) is 0 Å². The Morgan fingerprint density at radius 1 is 1.11 bits per heavy atom. The van der Waals surface area contributed by atoms with Crippen LogP contribution in [-0.2, 0) is 0 Å². The van der Waals surface area contributed by atoms with Gasteiger partial charge in [-0.05, 0) is 36.6 Å². The number of nitrogens with zero attached hydrogens (tertiary/aromatic N) is 1. The van der Waals surface area contributed by atoms with Crippen molar-refractivity contribution >= 4 is 22.7 Å². The van der Waals surface area contributed by atoms with Gasteiger partial charge >= 0.3 is 0 Å². The fraction of sp³-hybridized carbons (Fsp3) is 0.238. The molecular weight excluding hydrogens is 342 g/mol. The third-order valence-corrected chi connectivity index (χ3v) is 4.63. The van der Waals surface area contributed by atoms with Crippen molar-refractivity contribution in [2.24, 2.45) is 5.84 Å². The van der Waals surface area contributed by atoms with Gasteiger partial charge in [-0.15, -0.1) is 0 Å². The average Bonchev–Trinajstić information content (AvgIpc) is 2.97. The molecule has 0 fully saturated rings. The molecule has 6 heteroatoms. The van der Waals surface area contributed by atoms with Gasteiger partial charge in [0.25, 0.3) is 11.8 Å². The number of carbonyl (C=O) groups excluding carboxylic acids is 2. The number of nitrogens with two attached hydrogens (primary N) is 1. The van der Waals surface area contributed by atoms with Crippen LogP contribution < -0.4 is 16.0 Å². The largest absolute Gasteiger partial charge is 0.484 e. The molecule has 3 N–H and O–H groups in total. The number of aromatic nitrogens is 1. The number of hydrogen-bond donors (Lipinski definition) is 2. The monoisotopic (exact) mass is 365 g/mol. The minimum absolute atomic E-state index is 0.135. The number of ether oxygens (including phenoxy) is 1. The van der Waals surface area contributed by atoms with Gasteiger partial charge in [0, 0.05) is 11.1 Å². The SMILES string of the molecule is Cc1c(C(=O)NN)c2ccccc2n1C(=O)COc1ccc(C(C)C)cc1. The highest BCUT2D eigenvalue weighted by Gasteiger charge is 2.22. The quantitative estimate of drug-likeness (QED) is 0.412. The van der Waals surface area contributed by atoms with Crippen LogP contribution in [-0.4, -0.2) is 23.0 Å². The van der Waals surface area contributed by atoms with E-state index in [1.807, 2.05) is 36.4 Å². The van der Waals surface area contributed by atoms with Crippen molar-refractivity contribution in [1.82, 2.24) is 9.99 Å². The van der Waals surface area contributed by atoms with Crippen LogP contribution >= 0.6 is 0 Å². The van der Waals surface area contributed by atoms with E-state index in [-0.39, 0.29) is 12.5 Å². The van der Waals surface area contributed by atoms with E-state index in [1.54, 1.807) is 19.1 Å². The molecule has 1 aromatic heterocycles. The number of benzene rings is 2. The number of para-hydroxylation sites is 1. The Labute approximate surface area is 157 Å². The second-order valence-corrected chi connectivity index (χ2v) is 6.69. The van der Waals surface area contributed by atoms with Crippen LogP contribution in [0.2, 0.25) is 0 Å². The summed E-state index contributed by atoms with van der Waals surface area (Å²) in [7, 11) is 0. The summed E-state index contributed by atoms with van der Waals surface area (Å²) < 4.78 is 7.16. The number of nitrogen functional groups attached to an aromatic ring is 1. The first kappa shape index (κ1) is 18.7. The van der Waals surface area contributed by atoms with E-state index in [4.69, 9.17) is 10.6 Å². The van der Waals surface area contributed by atoms with Gasteiger partial charge in [-0.1, -0.05) is 44.2 Å². The first-order valence-electron chi connectivity index (χ1n) is 8.81. The molecule has 3 rings (SSSR count). The van der Waals surface area contributed by atoms with E-state index in [9.17, 15) is 9.59 Å². The lowest BCUT2D eigenvalue weighted by atomic mass is 10.0. The number of amides is 1. The summed E-state index contributed by atoms with van der Waals surface area (Å²) in [6.45, 7) is 5.83. The van der Waals surface area contributed by atoms with Gasteiger partial charge in [0.05, 0.1) is 11.1 Å². The molecule has 3 aromatic rings. The van der Waals surface area contributed by atoms with Gasteiger partial charge in [0.15, 0.2) is 6.61 Å². The zero-order valence-corrected chi connectivity index (χ0v) is 15.7. The van der Waals surface area contributed by atoms with Crippen LogP contribution in [0.5, 0.6) is 5.75 Å². The lowest BCUT2D eigenvalue weighted by Crippen LogP contribution is -2.30. The Morgan fingerprint density at radius 3 is 2.41 bits per heavy atom. The van der Waals surface area contributed by atoms with Gasteiger partial charge in [0.2, 0.25) is 0 Å². The predicted molar refractivity (Wildman–Crippen MR) is 105 cm³/mol. The van der Waals surface area contributed by atoms with Crippen molar-refractivity contribution < 1.29 is 14.3 Å². The molecule has 0 radical (unpaired) electrons. The highest BCUT2D eigenvalue weighted by atomic mass is 16.5. The zero-order chi connectivity index (χ0) is 19.6. The molecule has 0 aliphatic heterocycles. The molecule has 0 aliphatic rings. The van der Waals surface area contributed by atoms with Crippen molar-refractivity contribution in [3.8, 4) is 5.75 Å². The van der Waals surface area contributed by atoms with Crippen molar-refractivity contribution in [2.45, 2.75) is 26.7 Å². The highest BCUT2D eigenvalue weighted by molar-refractivity contribution is 6.10. The number of fused-ring (bicyclic) bond motifs is 1. The van der Waals surface area contributed by atoms with Gasteiger partial charge in [0.1, 0.15) is 5.75 Å². The Balaban J connectivity index is 1.87. The summed E-state index contributed by atoms with van der Waals surface area (Å²) in [4.78, 5) is 25.0. The lowest BCUT2D eigenvalue weighted by molar-refractivity contribution is 0.0841. The van der Waals surface area contributed by atoms with Gasteiger partial charge in [-0.25, -0.2) is 5.84 Å². The van der Waals surface area contributed by atoms with Gasteiger partial charge in [-0.2, -0.15) is 0 Å². The molecule has 6 nitrogen and oxygen atoms in total. The molecule has 0 saturated heterocycles. The third kappa shape index (κ3) is 3.57. The topological polar surface area (TPSA) is 86.4 Å². The summed E-state index contributed by atoms with van der Waals surface area (Å²) in [5, 5.41) is 0.674. The molecule has 1 heterocycles. The second-order valence-electron chi connectivity index (χ2n) is 6.69. The maximum Gasteiger partial charge on any atom is 0.269 e. The van der Waals surface area contributed by atoms with Crippen LogP contribution in [0.25, 0.3) is 10.9 Å². The first-order chi connectivity index (χ1) is 12.9. The third-order valence-electron chi connectivity index (χ3n) is 4.63. The number of rotatable bonds is 5. The van der Waals surface area contributed by atoms with E-state index in [0.717, 1.165) is 0 Å². The van der Waals surface area contributed by atoms with Crippen molar-refractivity contribution in [3.05, 3.63) is 65.4 Å². The lowest BCUT2D eigenvalue weighted by Gasteiger charge is -2.10. The van der Waals surface area contributed by atoms with E-state index in [2.05, 4.69) is 19.3 Å². The van der Waals surface area contributed by atoms with Gasteiger partial charge in [-0.3, -0.25) is 19.6 Å². The normalized spacial score (nSPS) is 11.0. The van der Waals surface area contributed by atoms with E-state index in [0.29, 0.717) is 33.8 Å². The number of carbonyl (C=O) groups is 2. The number of hydrogen-bond acceptors (Lipinski definition) is 4. The Bertz CT molecular complexity index is 988. The minimum atomic E-state index is -0.430. The summed E-state index contributed by atoms with van der Waals surface area (Å²) >= 11 is 0. The molecule has 140 valence electrons. The molecule has 0 spiro atoms. The molecule has 0 atom stereocenters. The highest BCUT2D eigenvalue weighted by Crippen LogP contribution is 2.26. The molecule has 2 aromatic carbocycles. The smallest absolute Gasteiger partial charge is 0.269 e. The minimum Gasteiger partial charge on any atom is -0.484 e. The fourth-order valence-electron chi connectivity index (χ4n) is 3.21. The van der Waals surface area contributed by atoms with Crippen LogP contribution in [0, 0.1) is 6.92 Å². The maximum absolute atomic E-state index is 12.8. The van der Waals surface area contributed by atoms with Crippen molar-refractivity contribution in [3.63, 3.8) is 0 Å². The van der Waals surface area contributed by atoms with Crippen LogP contribution in [0.15, 0.2) is 48.5 Å². The van der Waals surface area contributed by atoms with E-state index < -0.39 is 5.91 Å². The average molecular weight is 365 g/mol. The Hall–Kier alpha value is -3.12. The van der Waals surface area contributed by atoms with Crippen LogP contribution in [0.4, 0.5) is 0 Å². The van der Waals surface area contributed by atoms with Gasteiger partial charge < -0.3 is 4.74 Å². The summed E-state index contributed by atoms with van der Waals surface area (Å²) in [6, 6.07) is 14.9. The first-order valence-corrected chi connectivity index (χ1v) is 8.81. The summed E-state index contributed by atoms with van der Waals surface area (Å²) in [5.41, 5.74) is 4.92. The van der Waals surface area contributed by atoms with Crippen LogP contribution in [0.1, 0.15) is 46.2 Å².